The van der Waals surface area contributed by atoms with Crippen molar-refractivity contribution >= 4 is 51.3 Å². The number of benzene rings is 1. The van der Waals surface area contributed by atoms with Crippen molar-refractivity contribution in [3.8, 4) is 5.75 Å². The van der Waals surface area contributed by atoms with Crippen LogP contribution in [0.5, 0.6) is 5.75 Å². The van der Waals surface area contributed by atoms with Gasteiger partial charge < -0.3 is 5.11 Å². The maximum absolute atomic E-state index is 9.44. The van der Waals surface area contributed by atoms with Gasteiger partial charge in [0.05, 0.1) is 3.57 Å². The highest BCUT2D eigenvalue weighted by Gasteiger charge is 2.02. The fourth-order valence-electron chi connectivity index (χ4n) is 0.741. The number of hydrogen-bond acceptors (Lipinski definition) is 1. The van der Waals surface area contributed by atoms with E-state index in [0.29, 0.717) is 5.75 Å². The lowest BCUT2D eigenvalue weighted by Gasteiger charge is -2.01. The van der Waals surface area contributed by atoms with Gasteiger partial charge in [0.15, 0.2) is 0 Å². The number of halogens is 2. The van der Waals surface area contributed by atoms with Crippen LogP contribution in [0.2, 0.25) is 0 Å². The van der Waals surface area contributed by atoms with E-state index < -0.39 is 0 Å². The zero-order chi connectivity index (χ0) is 8.43. The molecule has 0 heterocycles. The molecule has 1 rings (SSSR count). The summed E-state index contributed by atoms with van der Waals surface area (Å²) in [5.41, 5.74) is 0.793. The fourth-order valence-corrected chi connectivity index (χ4v) is 2.63. The number of hydrogen-bond donors (Lipinski definition) is 1. The molecule has 0 bridgehead atoms. The van der Waals surface area contributed by atoms with Crippen molar-refractivity contribution in [1.82, 2.24) is 0 Å². The topological polar surface area (TPSA) is 20.2 Å². The van der Waals surface area contributed by atoms with Crippen molar-refractivity contribution in [2.75, 3.05) is 0 Å². The van der Waals surface area contributed by atoms with Crippen LogP contribution in [0.25, 0.3) is 6.08 Å². The Morgan fingerprint density at radius 1 is 1.36 bits per heavy atom. The Morgan fingerprint density at radius 3 is 2.55 bits per heavy atom. The van der Waals surface area contributed by atoms with E-state index in [2.05, 4.69) is 51.8 Å². The third-order valence-corrected chi connectivity index (χ3v) is 2.72. The van der Waals surface area contributed by atoms with Crippen LogP contribution in [0.15, 0.2) is 18.7 Å². The molecular formula is C8H6I2O. The number of phenolic OH excluding ortho intramolecular Hbond substituents is 1. The predicted molar refractivity (Wildman–Crippen MR) is 63.6 cm³/mol. The second-order valence-electron chi connectivity index (χ2n) is 2.03. The van der Waals surface area contributed by atoms with Crippen LogP contribution in [0.4, 0.5) is 0 Å². The lowest BCUT2D eigenvalue weighted by molar-refractivity contribution is 0.470. The summed E-state index contributed by atoms with van der Waals surface area (Å²) in [5.74, 6) is 0.320. The molecule has 0 spiro atoms. The molecule has 0 aliphatic carbocycles. The molecule has 3 heteroatoms. The first-order valence-electron chi connectivity index (χ1n) is 2.95. The van der Waals surface area contributed by atoms with Gasteiger partial charge in [0, 0.05) is 9.13 Å². The van der Waals surface area contributed by atoms with E-state index >= 15 is 0 Å². The van der Waals surface area contributed by atoms with Gasteiger partial charge in [-0.3, -0.25) is 0 Å². The molecule has 1 aromatic carbocycles. The molecular weight excluding hydrogens is 366 g/mol. The summed E-state index contributed by atoms with van der Waals surface area (Å²) in [5, 5.41) is 9.44. The van der Waals surface area contributed by atoms with Gasteiger partial charge in [0.2, 0.25) is 0 Å². The summed E-state index contributed by atoms with van der Waals surface area (Å²) in [6.45, 7) is 3.61. The third kappa shape index (κ3) is 2.08. The normalized spacial score (nSPS) is 9.64. The zero-order valence-corrected chi connectivity index (χ0v) is 9.96. The summed E-state index contributed by atoms with van der Waals surface area (Å²) in [7, 11) is 0. The van der Waals surface area contributed by atoms with Crippen LogP contribution in [-0.2, 0) is 0 Å². The van der Waals surface area contributed by atoms with Crippen LogP contribution in [0, 0.1) is 7.14 Å². The van der Waals surface area contributed by atoms with E-state index in [0.717, 1.165) is 12.7 Å². The minimum atomic E-state index is 0.320. The molecule has 0 aliphatic heterocycles. The van der Waals surface area contributed by atoms with Gasteiger partial charge in [0.25, 0.3) is 0 Å². The Labute approximate surface area is 92.8 Å². The van der Waals surface area contributed by atoms with E-state index in [4.69, 9.17) is 0 Å². The van der Waals surface area contributed by atoms with E-state index in [1.807, 2.05) is 12.1 Å². The van der Waals surface area contributed by atoms with Gasteiger partial charge in [-0.05, 0) is 57.3 Å². The summed E-state index contributed by atoms with van der Waals surface area (Å²) >= 11 is 4.30. The largest absolute Gasteiger partial charge is 0.506 e. The summed E-state index contributed by atoms with van der Waals surface area (Å²) in [6.07, 6.45) is 1.65. The number of aromatic hydroxyl groups is 1. The Hall–Kier alpha value is 0.220. The smallest absolute Gasteiger partial charge is 0.136 e. The monoisotopic (exact) mass is 372 g/mol. The number of phenols is 1. The lowest BCUT2D eigenvalue weighted by Crippen LogP contribution is -1.81. The summed E-state index contributed by atoms with van der Waals surface area (Å²) < 4.78 is 1.98. The van der Waals surface area contributed by atoms with Gasteiger partial charge in [-0.25, -0.2) is 0 Å². The Bertz CT molecular complexity index is 294. The molecule has 0 amide bonds. The molecule has 0 fully saturated rings. The molecule has 0 unspecified atom stereocenters. The van der Waals surface area contributed by atoms with Crippen molar-refractivity contribution < 1.29 is 5.11 Å². The average Bonchev–Trinajstić information content (AvgIpc) is 1.96. The quantitative estimate of drug-likeness (QED) is 0.751. The molecule has 0 saturated heterocycles. The van der Waals surface area contributed by atoms with Crippen molar-refractivity contribution in [2.45, 2.75) is 0 Å². The second-order valence-corrected chi connectivity index (χ2v) is 4.44. The summed E-state index contributed by atoms with van der Waals surface area (Å²) in [4.78, 5) is 0. The SMILES string of the molecule is C=Cc1cc(I)cc(I)c1O. The minimum Gasteiger partial charge on any atom is -0.506 e. The molecule has 0 atom stereocenters. The molecule has 0 aliphatic rings. The van der Waals surface area contributed by atoms with Gasteiger partial charge in [0.1, 0.15) is 5.75 Å². The fraction of sp³-hybridized carbons (Fsp3) is 0. The Balaban J connectivity index is 3.35. The molecule has 1 nitrogen and oxygen atoms in total. The highest BCUT2D eigenvalue weighted by molar-refractivity contribution is 14.1. The maximum atomic E-state index is 9.44. The first-order chi connectivity index (χ1) is 5.15. The lowest BCUT2D eigenvalue weighted by atomic mass is 10.2. The molecule has 0 radical (unpaired) electrons. The van der Waals surface area contributed by atoms with Crippen LogP contribution in [-0.4, -0.2) is 5.11 Å². The van der Waals surface area contributed by atoms with E-state index in [1.54, 1.807) is 6.08 Å². The average molecular weight is 372 g/mol. The molecule has 0 aromatic heterocycles. The Morgan fingerprint density at radius 2 is 2.00 bits per heavy atom. The van der Waals surface area contributed by atoms with Crippen LogP contribution in [0.3, 0.4) is 0 Å². The van der Waals surface area contributed by atoms with Gasteiger partial charge in [-0.2, -0.15) is 0 Å². The molecule has 1 aromatic rings. The predicted octanol–water partition coefficient (Wildman–Crippen LogP) is 3.24. The molecule has 1 N–H and O–H groups in total. The third-order valence-electron chi connectivity index (χ3n) is 1.28. The minimum absolute atomic E-state index is 0.320. The summed E-state index contributed by atoms with van der Waals surface area (Å²) in [6, 6.07) is 3.81. The van der Waals surface area contributed by atoms with E-state index in [1.165, 1.54) is 0 Å². The van der Waals surface area contributed by atoms with Crippen molar-refractivity contribution in [2.24, 2.45) is 0 Å². The molecule has 0 saturated carbocycles. The van der Waals surface area contributed by atoms with Crippen LogP contribution < -0.4 is 0 Å². The first-order valence-corrected chi connectivity index (χ1v) is 5.11. The van der Waals surface area contributed by atoms with Gasteiger partial charge >= 0.3 is 0 Å². The molecule has 58 valence electrons. The van der Waals surface area contributed by atoms with E-state index in [9.17, 15) is 5.11 Å². The highest BCUT2D eigenvalue weighted by Crippen LogP contribution is 2.27. The van der Waals surface area contributed by atoms with Crippen molar-refractivity contribution in [3.05, 3.63) is 31.4 Å². The standard InChI is InChI=1S/C8H6I2O/c1-2-5-3-6(9)4-7(10)8(5)11/h2-4,11H,1H2. The molecule has 11 heavy (non-hydrogen) atoms. The van der Waals surface area contributed by atoms with Crippen molar-refractivity contribution in [3.63, 3.8) is 0 Å². The first kappa shape index (κ1) is 9.31. The van der Waals surface area contributed by atoms with Gasteiger partial charge in [-0.15, -0.1) is 0 Å². The van der Waals surface area contributed by atoms with E-state index in [-0.39, 0.29) is 0 Å². The van der Waals surface area contributed by atoms with Gasteiger partial charge in [-0.1, -0.05) is 12.7 Å². The second kappa shape index (κ2) is 3.75. The van der Waals surface area contributed by atoms with Crippen LogP contribution >= 0.6 is 45.2 Å². The zero-order valence-electron chi connectivity index (χ0n) is 5.64. The van der Waals surface area contributed by atoms with Crippen LogP contribution in [0.1, 0.15) is 5.56 Å². The Kier molecular flexibility index (Phi) is 3.17. The maximum Gasteiger partial charge on any atom is 0.136 e. The highest BCUT2D eigenvalue weighted by atomic mass is 127. The van der Waals surface area contributed by atoms with Crippen molar-refractivity contribution in [1.29, 1.82) is 0 Å². The number of rotatable bonds is 1.